The predicted octanol–water partition coefficient (Wildman–Crippen LogP) is 5.21. The standard InChI is InChI=1S/C25H27FN6/c1-17-8-20-13-27-25(30-24(20)23(26)9-17)29-22-11-18(15-32-6-4-3-5-7-32)10-19(12-22)21-14-28-31(2)16-21/h8-14,16H,3-7,15H2,1-2H3,(H,27,29,30). The van der Waals surface area contributed by atoms with Gasteiger partial charge in [0, 0.05) is 42.6 Å². The van der Waals surface area contributed by atoms with E-state index in [9.17, 15) is 4.39 Å². The van der Waals surface area contributed by atoms with Gasteiger partial charge >= 0.3 is 0 Å². The summed E-state index contributed by atoms with van der Waals surface area (Å²) in [7, 11) is 1.92. The number of rotatable bonds is 5. The minimum atomic E-state index is -0.333. The Morgan fingerprint density at radius 3 is 2.62 bits per heavy atom. The van der Waals surface area contributed by atoms with Crippen molar-refractivity contribution >= 4 is 22.5 Å². The minimum absolute atomic E-state index is 0.324. The second kappa shape index (κ2) is 8.67. The Morgan fingerprint density at radius 2 is 1.84 bits per heavy atom. The van der Waals surface area contributed by atoms with E-state index in [1.165, 1.54) is 30.9 Å². The lowest BCUT2D eigenvalue weighted by molar-refractivity contribution is 0.221. The van der Waals surface area contributed by atoms with E-state index in [2.05, 4.69) is 43.5 Å². The van der Waals surface area contributed by atoms with Crippen LogP contribution in [-0.4, -0.2) is 37.7 Å². The molecule has 1 N–H and O–H groups in total. The molecule has 1 fully saturated rings. The van der Waals surface area contributed by atoms with Crippen molar-refractivity contribution in [1.82, 2.24) is 24.6 Å². The van der Waals surface area contributed by atoms with Crippen molar-refractivity contribution in [2.45, 2.75) is 32.7 Å². The Kier molecular flexibility index (Phi) is 5.57. The van der Waals surface area contributed by atoms with Crippen LogP contribution in [0, 0.1) is 12.7 Å². The lowest BCUT2D eigenvalue weighted by atomic mass is 10.0. The van der Waals surface area contributed by atoms with Crippen LogP contribution < -0.4 is 5.32 Å². The molecule has 0 bridgehead atoms. The number of anilines is 2. The van der Waals surface area contributed by atoms with Gasteiger partial charge in [0.2, 0.25) is 5.95 Å². The van der Waals surface area contributed by atoms with E-state index in [-0.39, 0.29) is 5.82 Å². The van der Waals surface area contributed by atoms with Crippen LogP contribution in [0.15, 0.2) is 48.9 Å². The maximum absolute atomic E-state index is 14.4. The Balaban J connectivity index is 1.49. The summed E-state index contributed by atoms with van der Waals surface area (Å²) in [6.45, 7) is 5.02. The molecule has 1 saturated heterocycles. The Bertz CT molecular complexity index is 1260. The summed E-state index contributed by atoms with van der Waals surface area (Å²) in [5.74, 6) is 0.0489. The lowest BCUT2D eigenvalue weighted by Crippen LogP contribution is -2.29. The number of nitrogens with zero attached hydrogens (tertiary/aromatic N) is 5. The maximum Gasteiger partial charge on any atom is 0.227 e. The predicted molar refractivity (Wildman–Crippen MR) is 125 cm³/mol. The SMILES string of the molecule is Cc1cc(F)c2nc(Nc3cc(CN4CCCCC4)cc(-c4cnn(C)c4)c3)ncc2c1. The van der Waals surface area contributed by atoms with Gasteiger partial charge < -0.3 is 5.32 Å². The molecular weight excluding hydrogens is 403 g/mol. The topological polar surface area (TPSA) is 58.9 Å². The van der Waals surface area contributed by atoms with E-state index in [1.54, 1.807) is 10.9 Å². The molecule has 32 heavy (non-hydrogen) atoms. The van der Waals surface area contributed by atoms with Gasteiger partial charge in [-0.15, -0.1) is 0 Å². The first-order chi connectivity index (χ1) is 15.5. The van der Waals surface area contributed by atoms with Crippen LogP contribution in [0.3, 0.4) is 0 Å². The molecule has 2 aromatic heterocycles. The number of hydrogen-bond acceptors (Lipinski definition) is 5. The minimum Gasteiger partial charge on any atom is -0.324 e. The summed E-state index contributed by atoms with van der Waals surface area (Å²) in [5, 5.41) is 8.32. The van der Waals surface area contributed by atoms with Crippen molar-refractivity contribution in [3.8, 4) is 11.1 Å². The average molecular weight is 431 g/mol. The Labute approximate surface area is 187 Å². The highest BCUT2D eigenvalue weighted by Crippen LogP contribution is 2.28. The van der Waals surface area contributed by atoms with E-state index < -0.39 is 0 Å². The molecule has 2 aromatic carbocycles. The first-order valence-electron chi connectivity index (χ1n) is 11.1. The third kappa shape index (κ3) is 4.48. The summed E-state index contributed by atoms with van der Waals surface area (Å²) >= 11 is 0. The van der Waals surface area contributed by atoms with Crippen LogP contribution in [-0.2, 0) is 13.6 Å². The van der Waals surface area contributed by atoms with E-state index >= 15 is 0 Å². The van der Waals surface area contributed by atoms with Gasteiger partial charge in [0.15, 0.2) is 0 Å². The normalized spacial score (nSPS) is 14.7. The fraction of sp³-hybridized carbons (Fsp3) is 0.320. The molecule has 0 aliphatic carbocycles. The molecular formula is C25H27FN6. The quantitative estimate of drug-likeness (QED) is 0.471. The van der Waals surface area contributed by atoms with Crippen LogP contribution in [0.4, 0.5) is 16.0 Å². The number of halogens is 1. The summed E-state index contributed by atoms with van der Waals surface area (Å²) in [6.07, 6.45) is 9.36. The monoisotopic (exact) mass is 430 g/mol. The zero-order valence-corrected chi connectivity index (χ0v) is 18.5. The number of hydrogen-bond donors (Lipinski definition) is 1. The Hall–Kier alpha value is -3.32. The fourth-order valence-electron chi connectivity index (χ4n) is 4.40. The molecule has 1 aliphatic rings. The molecule has 4 aromatic rings. The average Bonchev–Trinajstić information content (AvgIpc) is 3.21. The first kappa shape index (κ1) is 20.6. The highest BCUT2D eigenvalue weighted by Gasteiger charge is 2.13. The molecule has 6 nitrogen and oxygen atoms in total. The fourth-order valence-corrected chi connectivity index (χ4v) is 4.40. The Morgan fingerprint density at radius 1 is 1.00 bits per heavy atom. The molecule has 0 amide bonds. The van der Waals surface area contributed by atoms with Gasteiger partial charge in [-0.25, -0.2) is 14.4 Å². The number of aromatic nitrogens is 4. The van der Waals surface area contributed by atoms with Crippen molar-refractivity contribution in [3.05, 3.63) is 65.9 Å². The third-order valence-corrected chi connectivity index (χ3v) is 5.92. The zero-order valence-electron chi connectivity index (χ0n) is 18.5. The summed E-state index contributed by atoms with van der Waals surface area (Å²) in [5.41, 5.74) is 5.41. The molecule has 7 heteroatoms. The van der Waals surface area contributed by atoms with Gasteiger partial charge in [0.1, 0.15) is 11.3 Å². The van der Waals surface area contributed by atoms with E-state index in [0.717, 1.165) is 42.0 Å². The van der Waals surface area contributed by atoms with Gasteiger partial charge in [-0.05, 0) is 79.9 Å². The van der Waals surface area contributed by atoms with Crippen molar-refractivity contribution in [1.29, 1.82) is 0 Å². The number of likely N-dealkylation sites (tertiary alicyclic amines) is 1. The van der Waals surface area contributed by atoms with Crippen molar-refractivity contribution < 1.29 is 4.39 Å². The third-order valence-electron chi connectivity index (χ3n) is 5.92. The van der Waals surface area contributed by atoms with Crippen LogP contribution >= 0.6 is 0 Å². The first-order valence-corrected chi connectivity index (χ1v) is 11.1. The van der Waals surface area contributed by atoms with Crippen molar-refractivity contribution in [3.63, 3.8) is 0 Å². The molecule has 0 atom stereocenters. The van der Waals surface area contributed by atoms with Gasteiger partial charge in [0.05, 0.1) is 6.20 Å². The van der Waals surface area contributed by atoms with Crippen LogP contribution in [0.5, 0.6) is 0 Å². The van der Waals surface area contributed by atoms with Crippen LogP contribution in [0.25, 0.3) is 22.0 Å². The number of aryl methyl sites for hydroxylation is 2. The van der Waals surface area contributed by atoms with E-state index in [1.807, 2.05) is 32.4 Å². The van der Waals surface area contributed by atoms with E-state index in [4.69, 9.17) is 0 Å². The molecule has 0 unspecified atom stereocenters. The molecule has 164 valence electrons. The largest absolute Gasteiger partial charge is 0.324 e. The van der Waals surface area contributed by atoms with Crippen LogP contribution in [0.1, 0.15) is 30.4 Å². The number of nitrogens with one attached hydrogen (secondary N) is 1. The molecule has 0 radical (unpaired) electrons. The van der Waals surface area contributed by atoms with Crippen molar-refractivity contribution in [2.24, 2.45) is 7.05 Å². The molecule has 0 spiro atoms. The highest BCUT2D eigenvalue weighted by atomic mass is 19.1. The lowest BCUT2D eigenvalue weighted by Gasteiger charge is -2.26. The van der Waals surface area contributed by atoms with Crippen LogP contribution in [0.2, 0.25) is 0 Å². The molecule has 1 aliphatic heterocycles. The molecule has 0 saturated carbocycles. The molecule has 5 rings (SSSR count). The molecule has 3 heterocycles. The van der Waals surface area contributed by atoms with Gasteiger partial charge in [-0.3, -0.25) is 9.58 Å². The number of fused-ring (bicyclic) bond motifs is 1. The van der Waals surface area contributed by atoms with Gasteiger partial charge in [-0.2, -0.15) is 5.10 Å². The second-order valence-corrected chi connectivity index (χ2v) is 8.66. The zero-order chi connectivity index (χ0) is 22.1. The second-order valence-electron chi connectivity index (χ2n) is 8.66. The summed E-state index contributed by atoms with van der Waals surface area (Å²) in [4.78, 5) is 11.4. The smallest absolute Gasteiger partial charge is 0.227 e. The summed E-state index contributed by atoms with van der Waals surface area (Å²) in [6, 6.07) is 9.81. The van der Waals surface area contributed by atoms with Gasteiger partial charge in [0.25, 0.3) is 0 Å². The summed E-state index contributed by atoms with van der Waals surface area (Å²) < 4.78 is 16.2. The highest BCUT2D eigenvalue weighted by molar-refractivity contribution is 5.80. The van der Waals surface area contributed by atoms with Crippen molar-refractivity contribution in [2.75, 3.05) is 18.4 Å². The number of benzene rings is 2. The van der Waals surface area contributed by atoms with E-state index in [0.29, 0.717) is 16.9 Å². The maximum atomic E-state index is 14.4. The van der Waals surface area contributed by atoms with Gasteiger partial charge in [-0.1, -0.05) is 6.42 Å². The number of piperidine rings is 1.